The molecular weight excluding hydrogens is 397 g/mol. The van der Waals surface area contributed by atoms with Gasteiger partial charge in [-0.15, -0.1) is 0 Å². The van der Waals surface area contributed by atoms with Crippen molar-refractivity contribution in [1.29, 1.82) is 0 Å². The smallest absolute Gasteiger partial charge is 0.295 e. The van der Waals surface area contributed by atoms with Crippen molar-refractivity contribution in [2.45, 2.75) is 19.5 Å². The van der Waals surface area contributed by atoms with Crippen LogP contribution in [0.5, 0.6) is 5.75 Å². The van der Waals surface area contributed by atoms with E-state index in [1.165, 1.54) is 29.2 Å². The molecule has 0 aromatic heterocycles. The Bertz CT molecular complexity index is 1170. The largest absolute Gasteiger partial charge is 0.508 e. The van der Waals surface area contributed by atoms with Crippen LogP contribution in [0.4, 0.5) is 4.39 Å². The zero-order chi connectivity index (χ0) is 22.1. The third kappa shape index (κ3) is 3.92. The molecule has 1 unspecified atom stereocenters. The van der Waals surface area contributed by atoms with Gasteiger partial charge in [-0.2, -0.15) is 0 Å². The number of aromatic hydroxyl groups is 1. The molecule has 1 aliphatic heterocycles. The van der Waals surface area contributed by atoms with Crippen molar-refractivity contribution in [3.63, 3.8) is 0 Å². The van der Waals surface area contributed by atoms with E-state index in [0.717, 1.165) is 5.56 Å². The molecule has 1 atom stereocenters. The third-order valence-corrected chi connectivity index (χ3v) is 5.34. The summed E-state index contributed by atoms with van der Waals surface area (Å²) in [6.07, 6.45) is 0. The van der Waals surface area contributed by atoms with Crippen LogP contribution in [0.25, 0.3) is 5.76 Å². The van der Waals surface area contributed by atoms with Crippen molar-refractivity contribution in [2.24, 2.45) is 0 Å². The fraction of sp³-hybridized carbons (Fsp3) is 0.120. The van der Waals surface area contributed by atoms with Gasteiger partial charge in [0.25, 0.3) is 11.7 Å². The Balaban J connectivity index is 1.84. The number of nitrogens with zero attached hydrogens (tertiary/aromatic N) is 1. The Labute approximate surface area is 178 Å². The quantitative estimate of drug-likeness (QED) is 0.373. The lowest BCUT2D eigenvalue weighted by Crippen LogP contribution is -2.29. The minimum atomic E-state index is -0.855. The summed E-state index contributed by atoms with van der Waals surface area (Å²) in [5.41, 5.74) is 2.59. The lowest BCUT2D eigenvalue weighted by Gasteiger charge is -2.25. The number of carbonyl (C=O) groups excluding carboxylic acids is 2. The van der Waals surface area contributed by atoms with Crippen LogP contribution in [0.1, 0.15) is 28.3 Å². The van der Waals surface area contributed by atoms with Gasteiger partial charge in [-0.3, -0.25) is 9.59 Å². The van der Waals surface area contributed by atoms with Crippen LogP contribution < -0.4 is 0 Å². The van der Waals surface area contributed by atoms with Gasteiger partial charge in [-0.05, 0) is 42.3 Å². The van der Waals surface area contributed by atoms with Crippen molar-refractivity contribution in [3.05, 3.63) is 106 Å². The van der Waals surface area contributed by atoms with Crippen molar-refractivity contribution in [3.8, 4) is 5.75 Å². The maximum Gasteiger partial charge on any atom is 0.295 e. The number of ketones is 1. The molecule has 5 nitrogen and oxygen atoms in total. The standard InChI is InChI=1S/C25H20FNO4/c1-15-2-6-18(7-3-15)23(29)21-22(17-8-12-20(28)13-9-17)27(25(31)24(21)30)14-16-4-10-19(26)11-5-16/h2-13,22,28-29H,14H2,1H3/b23-21-. The molecule has 3 aromatic carbocycles. The van der Waals surface area contributed by atoms with E-state index in [9.17, 15) is 24.2 Å². The Hall–Kier alpha value is -3.93. The fourth-order valence-electron chi connectivity index (χ4n) is 3.70. The number of carbonyl (C=O) groups is 2. The molecule has 0 radical (unpaired) electrons. The van der Waals surface area contributed by atoms with E-state index >= 15 is 0 Å². The minimum Gasteiger partial charge on any atom is -0.508 e. The first-order chi connectivity index (χ1) is 14.8. The van der Waals surface area contributed by atoms with Crippen LogP contribution in [-0.2, 0) is 16.1 Å². The molecule has 0 saturated carbocycles. The molecule has 156 valence electrons. The number of likely N-dealkylation sites (tertiary alicyclic amines) is 1. The highest BCUT2D eigenvalue weighted by molar-refractivity contribution is 6.46. The van der Waals surface area contributed by atoms with Crippen LogP contribution in [0, 0.1) is 12.7 Å². The summed E-state index contributed by atoms with van der Waals surface area (Å²) in [6.45, 7) is 1.96. The molecule has 1 heterocycles. The van der Waals surface area contributed by atoms with Gasteiger partial charge in [0.2, 0.25) is 0 Å². The fourth-order valence-corrected chi connectivity index (χ4v) is 3.70. The van der Waals surface area contributed by atoms with Gasteiger partial charge < -0.3 is 15.1 Å². The van der Waals surface area contributed by atoms with E-state index in [1.54, 1.807) is 48.5 Å². The van der Waals surface area contributed by atoms with Gasteiger partial charge in [0.15, 0.2) is 0 Å². The molecule has 6 heteroatoms. The van der Waals surface area contributed by atoms with E-state index in [2.05, 4.69) is 0 Å². The molecule has 0 spiro atoms. The van der Waals surface area contributed by atoms with E-state index < -0.39 is 23.5 Å². The molecule has 1 aliphatic rings. The van der Waals surface area contributed by atoms with Crippen LogP contribution in [0.3, 0.4) is 0 Å². The van der Waals surface area contributed by atoms with Gasteiger partial charge in [0.05, 0.1) is 11.6 Å². The first kappa shape index (κ1) is 20.3. The van der Waals surface area contributed by atoms with Gasteiger partial charge >= 0.3 is 0 Å². The summed E-state index contributed by atoms with van der Waals surface area (Å²) in [5.74, 6) is -2.18. The van der Waals surface area contributed by atoms with Crippen LogP contribution in [-0.4, -0.2) is 26.8 Å². The van der Waals surface area contributed by atoms with Gasteiger partial charge in [-0.1, -0.05) is 54.1 Å². The number of aryl methyl sites for hydroxylation is 1. The van der Waals surface area contributed by atoms with Crippen LogP contribution >= 0.6 is 0 Å². The minimum absolute atomic E-state index is 0.0262. The summed E-state index contributed by atoms with van der Waals surface area (Å²) in [7, 11) is 0. The number of hydrogen-bond donors (Lipinski definition) is 2. The maximum absolute atomic E-state index is 13.3. The van der Waals surface area contributed by atoms with Gasteiger partial charge in [-0.25, -0.2) is 4.39 Å². The monoisotopic (exact) mass is 417 g/mol. The van der Waals surface area contributed by atoms with Gasteiger partial charge in [0.1, 0.15) is 17.3 Å². The van der Waals surface area contributed by atoms with E-state index in [-0.39, 0.29) is 23.6 Å². The Morgan fingerprint density at radius 3 is 2.16 bits per heavy atom. The molecule has 3 aromatic rings. The number of aliphatic hydroxyl groups excluding tert-OH is 1. The number of rotatable bonds is 4. The predicted octanol–water partition coefficient (Wildman–Crippen LogP) is 4.46. The Kier molecular flexibility index (Phi) is 5.29. The van der Waals surface area contributed by atoms with E-state index in [4.69, 9.17) is 0 Å². The summed E-state index contributed by atoms with van der Waals surface area (Å²) < 4.78 is 13.3. The molecule has 2 N–H and O–H groups in total. The topological polar surface area (TPSA) is 77.8 Å². The highest BCUT2D eigenvalue weighted by atomic mass is 19.1. The molecule has 31 heavy (non-hydrogen) atoms. The number of phenolic OH excluding ortho intramolecular Hbond substituents is 1. The van der Waals surface area contributed by atoms with Crippen molar-refractivity contribution < 1.29 is 24.2 Å². The second kappa shape index (κ2) is 8.07. The summed E-state index contributed by atoms with van der Waals surface area (Å²) in [4.78, 5) is 27.3. The molecule has 1 fully saturated rings. The van der Waals surface area contributed by atoms with E-state index in [0.29, 0.717) is 16.7 Å². The molecule has 0 bridgehead atoms. The Morgan fingerprint density at radius 2 is 1.55 bits per heavy atom. The van der Waals surface area contributed by atoms with Crippen molar-refractivity contribution >= 4 is 17.4 Å². The summed E-state index contributed by atoms with van der Waals surface area (Å²) in [6, 6.07) is 17.9. The Morgan fingerprint density at radius 1 is 0.935 bits per heavy atom. The number of benzene rings is 3. The lowest BCUT2D eigenvalue weighted by molar-refractivity contribution is -0.140. The highest BCUT2D eigenvalue weighted by Gasteiger charge is 2.46. The molecule has 1 saturated heterocycles. The molecule has 4 rings (SSSR count). The predicted molar refractivity (Wildman–Crippen MR) is 114 cm³/mol. The van der Waals surface area contributed by atoms with Crippen molar-refractivity contribution in [1.82, 2.24) is 4.90 Å². The average Bonchev–Trinajstić information content (AvgIpc) is 3.01. The normalized spacial score (nSPS) is 17.9. The average molecular weight is 417 g/mol. The SMILES string of the molecule is Cc1ccc(/C(O)=C2/C(=O)C(=O)N(Cc3ccc(F)cc3)C2c2ccc(O)cc2)cc1. The number of aliphatic hydroxyl groups is 1. The van der Waals surface area contributed by atoms with Crippen molar-refractivity contribution in [2.75, 3.05) is 0 Å². The van der Waals surface area contributed by atoms with Gasteiger partial charge in [0, 0.05) is 12.1 Å². The zero-order valence-corrected chi connectivity index (χ0v) is 16.7. The number of phenols is 1. The zero-order valence-electron chi connectivity index (χ0n) is 16.7. The molecule has 1 amide bonds. The molecular formula is C25H20FNO4. The lowest BCUT2D eigenvalue weighted by atomic mass is 9.95. The number of halogens is 1. The second-order valence-corrected chi connectivity index (χ2v) is 7.51. The third-order valence-electron chi connectivity index (χ3n) is 5.34. The van der Waals surface area contributed by atoms with Crippen LogP contribution in [0.15, 0.2) is 78.4 Å². The first-order valence-electron chi connectivity index (χ1n) is 9.74. The molecule has 0 aliphatic carbocycles. The second-order valence-electron chi connectivity index (χ2n) is 7.51. The number of Topliss-reactive ketones (excluding diaryl/α,β-unsaturated/α-hetero) is 1. The van der Waals surface area contributed by atoms with Crippen LogP contribution in [0.2, 0.25) is 0 Å². The summed E-state index contributed by atoms with van der Waals surface area (Å²) >= 11 is 0. The summed E-state index contributed by atoms with van der Waals surface area (Å²) in [5, 5.41) is 20.7. The number of amides is 1. The van der Waals surface area contributed by atoms with E-state index in [1.807, 2.05) is 6.92 Å². The maximum atomic E-state index is 13.3. The first-order valence-corrected chi connectivity index (χ1v) is 9.74. The highest BCUT2D eigenvalue weighted by Crippen LogP contribution is 2.40. The number of hydrogen-bond acceptors (Lipinski definition) is 4.